The highest BCUT2D eigenvalue weighted by Crippen LogP contribution is 2.46. The molecule has 6 rings (SSSR count). The molecule has 16 nitrogen and oxygen atoms in total. The fourth-order valence-electron chi connectivity index (χ4n) is 9.65. The van der Waals surface area contributed by atoms with Gasteiger partial charge in [-0.15, -0.1) is 0 Å². The quantitative estimate of drug-likeness (QED) is 0.209. The van der Waals surface area contributed by atoms with Gasteiger partial charge in [0, 0.05) is 62.9 Å². The zero-order valence-corrected chi connectivity index (χ0v) is 33.9. The lowest BCUT2D eigenvalue weighted by Gasteiger charge is -2.37. The number of alkyl carbamates (subject to hydrolysis) is 2. The molecule has 2 aromatic rings. The van der Waals surface area contributed by atoms with Crippen LogP contribution in [0, 0.1) is 11.8 Å². The molecule has 310 valence electrons. The molecule has 4 heterocycles. The molecule has 4 N–H and O–H groups in total. The Kier molecular flexibility index (Phi) is 13.9. The van der Waals surface area contributed by atoms with Crippen molar-refractivity contribution in [3.63, 3.8) is 0 Å². The Morgan fingerprint density at radius 3 is 1.34 bits per heavy atom. The molecule has 0 spiro atoms. The topological polar surface area (TPSA) is 193 Å². The van der Waals surface area contributed by atoms with Crippen LogP contribution in [0.1, 0.15) is 138 Å². The number of aromatic amines is 2. The average molecular weight is 783 g/mol. The highest BCUT2D eigenvalue weighted by Gasteiger charge is 2.41. The van der Waals surface area contributed by atoms with Gasteiger partial charge in [0.15, 0.2) is 0 Å². The highest BCUT2D eigenvalue weighted by molar-refractivity contribution is 5.87. The average Bonchev–Trinajstić information content (AvgIpc) is 4.08. The van der Waals surface area contributed by atoms with Crippen molar-refractivity contribution in [3.05, 3.63) is 35.4 Å². The summed E-state index contributed by atoms with van der Waals surface area (Å²) in [7, 11) is 5.60. The molecule has 6 atom stereocenters. The number of amides is 4. The van der Waals surface area contributed by atoms with Crippen LogP contribution in [0.2, 0.25) is 0 Å². The summed E-state index contributed by atoms with van der Waals surface area (Å²) in [5.74, 6) is 3.51. The lowest BCUT2D eigenvalue weighted by atomic mass is 9.68. The molecular weight excluding hydrogens is 720 g/mol. The number of hydrogen-bond acceptors (Lipinski definition) is 10. The third kappa shape index (κ3) is 9.17. The normalized spacial score (nSPS) is 27.6. The summed E-state index contributed by atoms with van der Waals surface area (Å²) >= 11 is 0. The van der Waals surface area contributed by atoms with Crippen molar-refractivity contribution in [2.75, 3.05) is 41.5 Å². The van der Waals surface area contributed by atoms with Gasteiger partial charge in [-0.1, -0.05) is 0 Å². The first kappa shape index (κ1) is 41.5. The fourth-order valence-corrected chi connectivity index (χ4v) is 9.65. The Labute approximate surface area is 329 Å². The van der Waals surface area contributed by atoms with E-state index in [0.717, 1.165) is 86.2 Å². The zero-order chi connectivity index (χ0) is 39.9. The van der Waals surface area contributed by atoms with Crippen molar-refractivity contribution in [3.8, 4) is 0 Å². The van der Waals surface area contributed by atoms with Gasteiger partial charge in [0.1, 0.15) is 23.7 Å². The minimum Gasteiger partial charge on any atom is -0.453 e. The molecule has 2 aliphatic carbocycles. The van der Waals surface area contributed by atoms with Gasteiger partial charge in [0.2, 0.25) is 11.8 Å². The van der Waals surface area contributed by atoms with Crippen molar-refractivity contribution < 1.29 is 38.1 Å². The van der Waals surface area contributed by atoms with Crippen LogP contribution in [0.4, 0.5) is 9.59 Å². The number of aromatic nitrogens is 4. The number of carbonyl (C=O) groups is 4. The summed E-state index contributed by atoms with van der Waals surface area (Å²) in [5, 5.41) is 5.31. The standard InChI is InChI=1S/C40H62N8O8/c1-23(53-3)33(45-39(51)55-5)37(49)47-19-7-9-31(47)35-41-21-29(43-35)27-15-11-25(12-16-27)26-13-17-28(18-14-26)30-22-42-36(44-30)32-10-8-20-48(32)38(50)34(24(2)54-4)46-40(52)56-6/h21-28,31-34H,7-20H2,1-6H3,(H,41,43)(H,42,44)(H,45,51)(H,46,52)/t23-,24+,25?,26?,27?,28?,31-,32-,33+,34-/m0/s1. The zero-order valence-electron chi connectivity index (χ0n) is 33.9. The molecule has 0 radical (unpaired) electrons. The molecule has 0 bridgehead atoms. The second-order valence-electron chi connectivity index (χ2n) is 16.2. The summed E-state index contributed by atoms with van der Waals surface area (Å²) in [6.45, 7) is 4.71. The van der Waals surface area contributed by atoms with Crippen LogP contribution in [0.15, 0.2) is 12.4 Å². The van der Waals surface area contributed by atoms with Crippen molar-refractivity contribution in [2.24, 2.45) is 11.8 Å². The summed E-state index contributed by atoms with van der Waals surface area (Å²) in [6, 6.07) is -2.06. The molecule has 4 fully saturated rings. The predicted octanol–water partition coefficient (Wildman–Crippen LogP) is 5.23. The Hall–Kier alpha value is -4.18. The number of hydrogen-bond donors (Lipinski definition) is 4. The molecule has 0 aromatic carbocycles. The van der Waals surface area contributed by atoms with Crippen LogP contribution in [0.25, 0.3) is 0 Å². The molecule has 0 unspecified atom stereocenters. The van der Waals surface area contributed by atoms with Gasteiger partial charge in [0.05, 0.1) is 38.5 Å². The van der Waals surface area contributed by atoms with E-state index < -0.39 is 36.5 Å². The van der Waals surface area contributed by atoms with Crippen LogP contribution < -0.4 is 10.6 Å². The summed E-state index contributed by atoms with van der Waals surface area (Å²) in [6.07, 6.45) is 14.2. The lowest BCUT2D eigenvalue weighted by Crippen LogP contribution is -2.54. The van der Waals surface area contributed by atoms with E-state index in [9.17, 15) is 19.2 Å². The van der Waals surface area contributed by atoms with Gasteiger partial charge in [-0.3, -0.25) is 9.59 Å². The van der Waals surface area contributed by atoms with Crippen molar-refractivity contribution in [2.45, 2.75) is 139 Å². The number of methoxy groups -OCH3 is 4. The first-order valence-corrected chi connectivity index (χ1v) is 20.5. The first-order valence-electron chi connectivity index (χ1n) is 20.5. The maximum absolute atomic E-state index is 13.6. The number of H-pyrrole nitrogens is 2. The third-order valence-electron chi connectivity index (χ3n) is 13.2. The maximum atomic E-state index is 13.6. The van der Waals surface area contributed by atoms with E-state index in [4.69, 9.17) is 28.9 Å². The predicted molar refractivity (Wildman–Crippen MR) is 206 cm³/mol. The van der Waals surface area contributed by atoms with E-state index in [1.807, 2.05) is 22.2 Å². The van der Waals surface area contributed by atoms with Crippen LogP contribution in [0.5, 0.6) is 0 Å². The third-order valence-corrected chi connectivity index (χ3v) is 13.2. The van der Waals surface area contributed by atoms with Gasteiger partial charge in [-0.2, -0.15) is 0 Å². The monoisotopic (exact) mass is 782 g/mol. The Morgan fingerprint density at radius 1 is 0.625 bits per heavy atom. The molecule has 2 aliphatic heterocycles. The molecule has 4 amide bonds. The van der Waals surface area contributed by atoms with Gasteiger partial charge in [0.25, 0.3) is 0 Å². The Balaban J connectivity index is 0.991. The maximum Gasteiger partial charge on any atom is 0.407 e. The minimum absolute atomic E-state index is 0.174. The summed E-state index contributed by atoms with van der Waals surface area (Å²) < 4.78 is 20.4. The molecule has 56 heavy (non-hydrogen) atoms. The number of carbonyl (C=O) groups excluding carboxylic acids is 4. The second-order valence-corrected chi connectivity index (χ2v) is 16.2. The lowest BCUT2D eigenvalue weighted by molar-refractivity contribution is -0.138. The van der Waals surface area contributed by atoms with Gasteiger partial charge in [-0.05, 0) is 103 Å². The SMILES string of the molecule is COC(=O)N[C@H](C(=O)N1CCC[C@H]1c1ncc(C2CCC(C3CCC(c4cnc([C@@H]5CCCN5C(=O)[C@H](NC(=O)OC)[C@H](C)OC)[nH]4)CC3)CC2)[nH]1)[C@@H](C)OC. The van der Waals surface area contributed by atoms with Gasteiger partial charge in [-0.25, -0.2) is 19.6 Å². The van der Waals surface area contributed by atoms with Gasteiger partial charge >= 0.3 is 12.2 Å². The summed E-state index contributed by atoms with van der Waals surface area (Å²) in [5.41, 5.74) is 2.30. The van der Waals surface area contributed by atoms with Crippen LogP contribution in [-0.4, -0.2) is 120 Å². The smallest absolute Gasteiger partial charge is 0.407 e. The Bertz CT molecular complexity index is 1510. The van der Waals surface area contributed by atoms with E-state index >= 15 is 0 Å². The number of imidazole rings is 2. The first-order chi connectivity index (χ1) is 27.1. The number of rotatable bonds is 13. The molecule has 2 saturated carbocycles. The van der Waals surface area contributed by atoms with Crippen LogP contribution >= 0.6 is 0 Å². The molecule has 4 aliphatic rings. The fraction of sp³-hybridized carbons (Fsp3) is 0.750. The second kappa shape index (κ2) is 18.8. The Morgan fingerprint density at radius 2 is 1.00 bits per heavy atom. The highest BCUT2D eigenvalue weighted by atomic mass is 16.5. The summed E-state index contributed by atoms with van der Waals surface area (Å²) in [4.78, 5) is 71.7. The van der Waals surface area contributed by atoms with E-state index in [1.165, 1.54) is 54.1 Å². The molecule has 2 aromatic heterocycles. The number of ether oxygens (including phenoxy) is 4. The number of likely N-dealkylation sites (tertiary alicyclic amines) is 2. The van der Waals surface area contributed by atoms with Gasteiger partial charge < -0.3 is 49.3 Å². The van der Waals surface area contributed by atoms with Crippen molar-refractivity contribution in [1.82, 2.24) is 40.4 Å². The minimum atomic E-state index is -0.854. The largest absolute Gasteiger partial charge is 0.453 e. The van der Waals surface area contributed by atoms with E-state index in [1.54, 1.807) is 13.8 Å². The van der Waals surface area contributed by atoms with E-state index in [-0.39, 0.29) is 23.9 Å². The molecular formula is C40H62N8O8. The van der Waals surface area contributed by atoms with Crippen LogP contribution in [0.3, 0.4) is 0 Å². The number of nitrogens with one attached hydrogen (secondary N) is 4. The van der Waals surface area contributed by atoms with E-state index in [0.29, 0.717) is 24.9 Å². The number of nitrogens with zero attached hydrogens (tertiary/aromatic N) is 4. The molecule has 2 saturated heterocycles. The molecule has 16 heteroatoms. The van der Waals surface area contributed by atoms with Crippen molar-refractivity contribution >= 4 is 24.0 Å². The van der Waals surface area contributed by atoms with Crippen LogP contribution in [-0.2, 0) is 28.5 Å². The van der Waals surface area contributed by atoms with E-state index in [2.05, 4.69) is 20.6 Å². The van der Waals surface area contributed by atoms with Crippen molar-refractivity contribution in [1.29, 1.82) is 0 Å².